The van der Waals surface area contributed by atoms with Gasteiger partial charge in [-0.15, -0.1) is 0 Å². The normalized spacial score (nSPS) is 20.1. The Morgan fingerprint density at radius 1 is 1.20 bits per heavy atom. The summed E-state index contributed by atoms with van der Waals surface area (Å²) in [5.74, 6) is -0.193. The molecule has 1 aromatic heterocycles. The van der Waals surface area contributed by atoms with Crippen LogP contribution in [0.3, 0.4) is 0 Å². The molecular formula is C20H24FN3O. The summed E-state index contributed by atoms with van der Waals surface area (Å²) in [4.78, 5) is 15.6. The van der Waals surface area contributed by atoms with Gasteiger partial charge in [-0.25, -0.2) is 4.39 Å². The highest BCUT2D eigenvalue weighted by atomic mass is 19.1. The van der Waals surface area contributed by atoms with E-state index >= 15 is 0 Å². The van der Waals surface area contributed by atoms with Crippen molar-refractivity contribution in [1.82, 2.24) is 10.3 Å². The number of hydrogen-bond donors (Lipinski definition) is 2. The minimum Gasteiger partial charge on any atom is -0.382 e. The highest BCUT2D eigenvalue weighted by Crippen LogP contribution is 2.25. The Bertz CT molecular complexity index is 762. The molecule has 1 aliphatic rings. The molecule has 2 N–H and O–H groups in total. The Hall–Kier alpha value is -2.43. The van der Waals surface area contributed by atoms with E-state index in [2.05, 4.69) is 15.6 Å². The van der Waals surface area contributed by atoms with E-state index in [4.69, 9.17) is 0 Å². The van der Waals surface area contributed by atoms with E-state index in [0.717, 1.165) is 42.6 Å². The van der Waals surface area contributed by atoms with Crippen LogP contribution in [0.4, 0.5) is 10.1 Å². The van der Waals surface area contributed by atoms with E-state index in [1.165, 1.54) is 6.07 Å². The molecule has 5 heteroatoms. The van der Waals surface area contributed by atoms with Gasteiger partial charge in [0.25, 0.3) is 0 Å². The van der Waals surface area contributed by atoms with Crippen LogP contribution < -0.4 is 10.6 Å². The average Bonchev–Trinajstić information content (AvgIpc) is 2.57. The monoisotopic (exact) mass is 341 g/mol. The number of halogens is 1. The van der Waals surface area contributed by atoms with Crippen molar-refractivity contribution in [2.45, 2.75) is 51.6 Å². The molecule has 132 valence electrons. The molecule has 1 amide bonds. The fourth-order valence-corrected chi connectivity index (χ4v) is 3.41. The van der Waals surface area contributed by atoms with Crippen molar-refractivity contribution in [3.8, 4) is 11.3 Å². The predicted octanol–water partition coefficient (Wildman–Crippen LogP) is 4.06. The molecule has 3 rings (SSSR count). The zero-order chi connectivity index (χ0) is 17.8. The lowest BCUT2D eigenvalue weighted by Gasteiger charge is -2.30. The van der Waals surface area contributed by atoms with Crippen molar-refractivity contribution < 1.29 is 9.18 Å². The van der Waals surface area contributed by atoms with E-state index in [1.54, 1.807) is 26.1 Å². The zero-order valence-corrected chi connectivity index (χ0v) is 14.7. The first-order valence-corrected chi connectivity index (χ1v) is 8.77. The largest absolute Gasteiger partial charge is 0.382 e. The Morgan fingerprint density at radius 2 is 2.00 bits per heavy atom. The molecule has 0 radical (unpaired) electrons. The first-order chi connectivity index (χ1) is 12.0. The molecule has 1 aromatic carbocycles. The smallest absolute Gasteiger partial charge is 0.217 e. The maximum absolute atomic E-state index is 13.8. The lowest BCUT2D eigenvalue weighted by Crippen LogP contribution is -2.40. The van der Waals surface area contributed by atoms with Crippen LogP contribution in [0.25, 0.3) is 11.3 Å². The minimum absolute atomic E-state index is 0.0262. The van der Waals surface area contributed by atoms with Gasteiger partial charge in [0.15, 0.2) is 0 Å². The molecule has 2 aromatic rings. The first-order valence-electron chi connectivity index (χ1n) is 8.77. The standard InChI is InChI=1S/C20H24FN3O/c1-13-6-7-15(10-19(13)21)20-12-18(8-9-22-20)24-17-5-3-4-16(11-17)23-14(2)25/h6-10,12,16-17H,3-5,11H2,1-2H3,(H,22,24)(H,23,25)/t16-,17+/m1/s1. The number of nitrogens with zero attached hydrogens (tertiary/aromatic N) is 1. The summed E-state index contributed by atoms with van der Waals surface area (Å²) >= 11 is 0. The summed E-state index contributed by atoms with van der Waals surface area (Å²) in [7, 11) is 0. The van der Waals surface area contributed by atoms with Crippen molar-refractivity contribution in [3.63, 3.8) is 0 Å². The summed E-state index contributed by atoms with van der Waals surface area (Å²) in [5, 5.41) is 6.55. The number of pyridine rings is 1. The molecule has 0 bridgehead atoms. The van der Waals surface area contributed by atoms with E-state index in [0.29, 0.717) is 11.6 Å². The SMILES string of the molecule is CC(=O)N[C@@H]1CCC[C@H](Nc2ccnc(-c3ccc(C)c(F)c3)c2)C1. The zero-order valence-electron chi connectivity index (χ0n) is 14.7. The second-order valence-corrected chi connectivity index (χ2v) is 6.80. The lowest BCUT2D eigenvalue weighted by atomic mass is 9.90. The summed E-state index contributed by atoms with van der Waals surface area (Å²) in [6.07, 6.45) is 5.85. The second kappa shape index (κ2) is 7.64. The summed E-state index contributed by atoms with van der Waals surface area (Å²) in [5.41, 5.74) is 3.12. The predicted molar refractivity (Wildman–Crippen MR) is 97.9 cm³/mol. The number of benzene rings is 1. The first kappa shape index (κ1) is 17.4. The van der Waals surface area contributed by atoms with Gasteiger partial charge in [-0.1, -0.05) is 12.1 Å². The highest BCUT2D eigenvalue weighted by Gasteiger charge is 2.22. The fraction of sp³-hybridized carbons (Fsp3) is 0.400. The highest BCUT2D eigenvalue weighted by molar-refractivity contribution is 5.73. The number of aromatic nitrogens is 1. The maximum atomic E-state index is 13.8. The number of rotatable bonds is 4. The van der Waals surface area contributed by atoms with E-state index in [-0.39, 0.29) is 17.8 Å². The van der Waals surface area contributed by atoms with Crippen LogP contribution in [-0.2, 0) is 4.79 Å². The molecule has 1 heterocycles. The minimum atomic E-state index is -0.219. The van der Waals surface area contributed by atoms with Crippen LogP contribution in [0.1, 0.15) is 38.2 Å². The summed E-state index contributed by atoms with van der Waals surface area (Å²) in [6, 6.07) is 9.60. The molecule has 0 saturated heterocycles. The number of aryl methyl sites for hydroxylation is 1. The Kier molecular flexibility index (Phi) is 5.31. The third-order valence-electron chi connectivity index (χ3n) is 4.68. The van der Waals surface area contributed by atoms with Crippen LogP contribution in [0.2, 0.25) is 0 Å². The number of hydrogen-bond acceptors (Lipinski definition) is 3. The van der Waals surface area contributed by atoms with Crippen molar-refractivity contribution in [2.75, 3.05) is 5.32 Å². The second-order valence-electron chi connectivity index (χ2n) is 6.80. The molecule has 1 aliphatic carbocycles. The number of carbonyl (C=O) groups excluding carboxylic acids is 1. The number of anilines is 1. The van der Waals surface area contributed by atoms with Crippen LogP contribution in [0.5, 0.6) is 0 Å². The Morgan fingerprint density at radius 3 is 2.76 bits per heavy atom. The Labute approximate surface area is 147 Å². The lowest BCUT2D eigenvalue weighted by molar-refractivity contribution is -0.119. The summed E-state index contributed by atoms with van der Waals surface area (Å²) < 4.78 is 13.8. The van der Waals surface area contributed by atoms with E-state index < -0.39 is 0 Å². The molecule has 0 spiro atoms. The molecule has 25 heavy (non-hydrogen) atoms. The maximum Gasteiger partial charge on any atom is 0.217 e. The number of amides is 1. The van der Waals surface area contributed by atoms with Crippen molar-refractivity contribution >= 4 is 11.6 Å². The number of nitrogens with one attached hydrogen (secondary N) is 2. The molecule has 0 aliphatic heterocycles. The van der Waals surface area contributed by atoms with E-state index in [9.17, 15) is 9.18 Å². The third-order valence-corrected chi connectivity index (χ3v) is 4.68. The molecular weight excluding hydrogens is 317 g/mol. The van der Waals surface area contributed by atoms with Gasteiger partial charge in [0.05, 0.1) is 5.69 Å². The van der Waals surface area contributed by atoms with Gasteiger partial charge in [0.1, 0.15) is 5.82 Å². The van der Waals surface area contributed by atoms with Gasteiger partial charge >= 0.3 is 0 Å². The van der Waals surface area contributed by atoms with Crippen LogP contribution in [0, 0.1) is 12.7 Å². The molecule has 2 atom stereocenters. The van der Waals surface area contributed by atoms with Crippen LogP contribution in [-0.4, -0.2) is 23.0 Å². The number of carbonyl (C=O) groups is 1. The van der Waals surface area contributed by atoms with Gasteiger partial charge in [0, 0.05) is 36.5 Å². The molecule has 4 nitrogen and oxygen atoms in total. The van der Waals surface area contributed by atoms with Crippen molar-refractivity contribution in [3.05, 3.63) is 47.9 Å². The summed E-state index contributed by atoms with van der Waals surface area (Å²) in [6.45, 7) is 3.31. The molecule has 1 fully saturated rings. The van der Waals surface area contributed by atoms with Crippen LogP contribution in [0.15, 0.2) is 36.5 Å². The van der Waals surface area contributed by atoms with Crippen LogP contribution >= 0.6 is 0 Å². The quantitative estimate of drug-likeness (QED) is 0.882. The van der Waals surface area contributed by atoms with Gasteiger partial charge < -0.3 is 10.6 Å². The van der Waals surface area contributed by atoms with Crippen molar-refractivity contribution in [1.29, 1.82) is 0 Å². The Balaban J connectivity index is 1.71. The van der Waals surface area contributed by atoms with Crippen molar-refractivity contribution in [2.24, 2.45) is 0 Å². The van der Waals surface area contributed by atoms with Gasteiger partial charge in [-0.05, 0) is 56.4 Å². The van der Waals surface area contributed by atoms with E-state index in [1.807, 2.05) is 18.2 Å². The molecule has 0 unspecified atom stereocenters. The topological polar surface area (TPSA) is 54.0 Å². The average molecular weight is 341 g/mol. The van der Waals surface area contributed by atoms with Gasteiger partial charge in [-0.3, -0.25) is 9.78 Å². The third kappa shape index (κ3) is 4.56. The van der Waals surface area contributed by atoms with Gasteiger partial charge in [0.2, 0.25) is 5.91 Å². The molecule has 1 saturated carbocycles. The fourth-order valence-electron chi connectivity index (χ4n) is 3.41. The van der Waals surface area contributed by atoms with Gasteiger partial charge in [-0.2, -0.15) is 0 Å².